The summed E-state index contributed by atoms with van der Waals surface area (Å²) >= 11 is 1.74. The SMILES string of the molecule is C[Si](C)(C)CCOCn1ncc2cc(-c3cn(CC(N)=O)c4cnc(N)nc34)cc(-c3cc4ccccc4s3)c21. The second-order valence-corrected chi connectivity index (χ2v) is 17.9. The van der Waals surface area contributed by atoms with E-state index in [0.717, 1.165) is 38.5 Å². The van der Waals surface area contributed by atoms with Gasteiger partial charge in [-0.2, -0.15) is 5.10 Å². The minimum absolute atomic E-state index is 0.0158. The van der Waals surface area contributed by atoms with Crippen molar-refractivity contribution in [2.24, 2.45) is 5.73 Å². The van der Waals surface area contributed by atoms with Crippen molar-refractivity contribution in [3.05, 3.63) is 61.1 Å². The molecule has 6 aromatic rings. The number of primary amides is 1. The third-order valence-corrected chi connectivity index (χ3v) is 9.76. The number of thiophene rings is 1. The summed E-state index contributed by atoms with van der Waals surface area (Å²) in [5.41, 5.74) is 16.7. The average Bonchev–Trinajstić information content (AvgIpc) is 3.60. The first-order valence-corrected chi connectivity index (χ1v) is 17.6. The molecule has 4 N–H and O–H groups in total. The standard InChI is InChI=1S/C29H31N7O2SSi/c1-40(2,3)9-8-38-17-36-28-20(13-33-36)10-19(11-21(28)25-12-18-6-4-5-7-24(18)39-25)22-15-35(16-26(30)37)23-14-32-29(31)34-27(22)23/h4-7,10-15H,8-9,16-17H2,1-3H3,(H2,30,37)(H2,31,32,34). The van der Waals surface area contributed by atoms with Gasteiger partial charge in [-0.3, -0.25) is 4.79 Å². The minimum atomic E-state index is -1.20. The molecule has 0 radical (unpaired) electrons. The first-order chi connectivity index (χ1) is 19.2. The summed E-state index contributed by atoms with van der Waals surface area (Å²) in [6.45, 7) is 8.15. The topological polar surface area (TPSA) is 127 Å². The minimum Gasteiger partial charge on any atom is -0.368 e. The highest BCUT2D eigenvalue weighted by molar-refractivity contribution is 7.22. The van der Waals surface area contributed by atoms with E-state index in [0.29, 0.717) is 24.4 Å². The number of aromatic nitrogens is 5. The van der Waals surface area contributed by atoms with Crippen molar-refractivity contribution in [2.45, 2.75) is 39.0 Å². The normalized spacial score (nSPS) is 12.2. The Hall–Kier alpha value is -4.06. The molecule has 0 fully saturated rings. The Morgan fingerprint density at radius 1 is 1.07 bits per heavy atom. The molecule has 6 rings (SSSR count). The second-order valence-electron chi connectivity index (χ2n) is 11.2. The van der Waals surface area contributed by atoms with Crippen LogP contribution >= 0.6 is 11.3 Å². The number of fused-ring (bicyclic) bond motifs is 3. The van der Waals surface area contributed by atoms with Gasteiger partial charge in [-0.1, -0.05) is 37.8 Å². The fourth-order valence-corrected chi connectivity index (χ4v) is 6.75. The lowest BCUT2D eigenvalue weighted by atomic mass is 10.0. The molecule has 0 spiro atoms. The van der Waals surface area contributed by atoms with E-state index in [1.807, 2.05) is 17.1 Å². The largest absolute Gasteiger partial charge is 0.368 e. The number of nitrogens with two attached hydrogens (primary N) is 2. The molecule has 4 aromatic heterocycles. The van der Waals surface area contributed by atoms with Crippen molar-refractivity contribution in [3.63, 3.8) is 0 Å². The molecule has 0 atom stereocenters. The van der Waals surface area contributed by atoms with Gasteiger partial charge in [0, 0.05) is 47.0 Å². The highest BCUT2D eigenvalue weighted by Gasteiger charge is 2.20. The van der Waals surface area contributed by atoms with Crippen LogP contribution in [0, 0.1) is 0 Å². The number of ether oxygens (including phenoxy) is 1. The smallest absolute Gasteiger partial charge is 0.237 e. The van der Waals surface area contributed by atoms with Crippen LogP contribution in [0.4, 0.5) is 5.95 Å². The van der Waals surface area contributed by atoms with Gasteiger partial charge in [0.2, 0.25) is 11.9 Å². The summed E-state index contributed by atoms with van der Waals surface area (Å²) in [6.07, 6.45) is 5.40. The molecule has 40 heavy (non-hydrogen) atoms. The molecule has 204 valence electrons. The van der Waals surface area contributed by atoms with E-state index in [1.165, 1.54) is 10.1 Å². The molecule has 4 heterocycles. The maximum atomic E-state index is 11.8. The third-order valence-electron chi connectivity index (χ3n) is 6.91. The maximum absolute atomic E-state index is 11.8. The Balaban J connectivity index is 1.52. The van der Waals surface area contributed by atoms with Gasteiger partial charge in [0.05, 0.1) is 23.4 Å². The monoisotopic (exact) mass is 569 g/mol. The molecule has 2 aromatic carbocycles. The van der Waals surface area contributed by atoms with Crippen LogP contribution in [0.25, 0.3) is 53.6 Å². The van der Waals surface area contributed by atoms with Crippen molar-refractivity contribution in [1.29, 1.82) is 0 Å². The number of nitrogen functional groups attached to an aromatic ring is 1. The van der Waals surface area contributed by atoms with E-state index in [-0.39, 0.29) is 12.5 Å². The first-order valence-electron chi connectivity index (χ1n) is 13.1. The van der Waals surface area contributed by atoms with Crippen molar-refractivity contribution < 1.29 is 9.53 Å². The van der Waals surface area contributed by atoms with Gasteiger partial charge in [-0.05, 0) is 41.3 Å². The summed E-state index contributed by atoms with van der Waals surface area (Å²) in [5, 5.41) is 6.90. The molecule has 0 aliphatic heterocycles. The zero-order valence-corrected chi connectivity index (χ0v) is 24.5. The predicted molar refractivity (Wildman–Crippen MR) is 165 cm³/mol. The number of anilines is 1. The van der Waals surface area contributed by atoms with E-state index in [9.17, 15) is 4.79 Å². The fraction of sp³-hybridized carbons (Fsp3) is 0.241. The quantitative estimate of drug-likeness (QED) is 0.170. The van der Waals surface area contributed by atoms with Crippen LogP contribution in [0.2, 0.25) is 25.7 Å². The van der Waals surface area contributed by atoms with E-state index < -0.39 is 14.0 Å². The molecule has 0 bridgehead atoms. The molecule has 0 aliphatic carbocycles. The number of nitrogens with zero attached hydrogens (tertiary/aromatic N) is 5. The van der Waals surface area contributed by atoms with E-state index in [4.69, 9.17) is 21.3 Å². The molecule has 0 saturated carbocycles. The third kappa shape index (κ3) is 5.10. The molecular weight excluding hydrogens is 539 g/mol. The Kier molecular flexibility index (Phi) is 6.65. The van der Waals surface area contributed by atoms with E-state index in [2.05, 4.69) is 72.1 Å². The van der Waals surface area contributed by atoms with Gasteiger partial charge in [0.1, 0.15) is 18.8 Å². The lowest BCUT2D eigenvalue weighted by Gasteiger charge is -2.16. The van der Waals surface area contributed by atoms with Crippen molar-refractivity contribution in [2.75, 3.05) is 12.3 Å². The highest BCUT2D eigenvalue weighted by Crippen LogP contribution is 2.41. The number of carbonyl (C=O) groups is 1. The number of amides is 1. The molecule has 9 nitrogen and oxygen atoms in total. The summed E-state index contributed by atoms with van der Waals surface area (Å²) in [6, 6.07) is 16.0. The zero-order valence-electron chi connectivity index (χ0n) is 22.7. The summed E-state index contributed by atoms with van der Waals surface area (Å²) in [5.74, 6) is -0.281. The summed E-state index contributed by atoms with van der Waals surface area (Å²) in [7, 11) is -1.20. The zero-order chi connectivity index (χ0) is 28.0. The Morgan fingerprint density at radius 2 is 1.90 bits per heavy atom. The van der Waals surface area contributed by atoms with Crippen LogP contribution in [0.15, 0.2) is 61.1 Å². The van der Waals surface area contributed by atoms with Crippen LogP contribution in [0.1, 0.15) is 0 Å². The van der Waals surface area contributed by atoms with E-state index >= 15 is 0 Å². The van der Waals surface area contributed by atoms with Crippen molar-refractivity contribution in [3.8, 4) is 21.6 Å². The summed E-state index contributed by atoms with van der Waals surface area (Å²) in [4.78, 5) is 21.6. The van der Waals surface area contributed by atoms with Crippen molar-refractivity contribution in [1.82, 2.24) is 24.3 Å². The highest BCUT2D eigenvalue weighted by atomic mass is 32.1. The number of rotatable bonds is 9. The molecule has 0 saturated heterocycles. The Morgan fingerprint density at radius 3 is 2.67 bits per heavy atom. The van der Waals surface area contributed by atoms with Gasteiger partial charge in [-0.25, -0.2) is 14.6 Å². The first kappa shape index (κ1) is 26.2. The van der Waals surface area contributed by atoms with Crippen LogP contribution in [0.5, 0.6) is 0 Å². The lowest BCUT2D eigenvalue weighted by molar-refractivity contribution is -0.118. The Bertz CT molecular complexity index is 1850. The molecule has 0 aliphatic rings. The van der Waals surface area contributed by atoms with E-state index in [1.54, 1.807) is 22.1 Å². The Labute approximate surface area is 236 Å². The molecule has 1 amide bonds. The predicted octanol–water partition coefficient (Wildman–Crippen LogP) is 5.71. The van der Waals surface area contributed by atoms with Crippen LogP contribution in [-0.2, 0) is 22.8 Å². The molecule has 11 heteroatoms. The van der Waals surface area contributed by atoms with Crippen LogP contribution < -0.4 is 11.5 Å². The van der Waals surface area contributed by atoms with Crippen LogP contribution in [0.3, 0.4) is 0 Å². The number of hydrogen-bond donors (Lipinski definition) is 2. The van der Waals surface area contributed by atoms with Gasteiger partial charge in [-0.15, -0.1) is 11.3 Å². The van der Waals surface area contributed by atoms with Crippen molar-refractivity contribution >= 4 is 63.3 Å². The maximum Gasteiger partial charge on any atom is 0.237 e. The fourth-order valence-electron chi connectivity index (χ4n) is 4.91. The number of hydrogen-bond acceptors (Lipinski definition) is 7. The molecular formula is C29H31N7O2SSi. The number of benzene rings is 2. The van der Waals surface area contributed by atoms with Gasteiger partial charge in [0.25, 0.3) is 0 Å². The van der Waals surface area contributed by atoms with Gasteiger partial charge >= 0.3 is 0 Å². The lowest BCUT2D eigenvalue weighted by Crippen LogP contribution is -2.22. The average molecular weight is 570 g/mol. The second kappa shape index (κ2) is 10.2. The van der Waals surface area contributed by atoms with Gasteiger partial charge < -0.3 is 20.8 Å². The van der Waals surface area contributed by atoms with Crippen LogP contribution in [-0.4, -0.2) is 44.9 Å². The molecule has 0 unspecified atom stereocenters. The number of carbonyl (C=O) groups excluding carboxylic acids is 1. The van der Waals surface area contributed by atoms with Gasteiger partial charge in [0.15, 0.2) is 0 Å². The summed E-state index contributed by atoms with van der Waals surface area (Å²) < 4.78 is 11.0.